The minimum absolute atomic E-state index is 0.163. The predicted octanol–water partition coefficient (Wildman–Crippen LogP) is 4.56. The molecule has 0 bridgehead atoms. The maximum Gasteiger partial charge on any atom is 0.453 e. The van der Waals surface area contributed by atoms with Crippen LogP contribution in [-0.4, -0.2) is 24.8 Å². The average Bonchev–Trinajstić information content (AvgIpc) is 3.13. The molecule has 1 N–H and O–H groups in total. The zero-order valence-electron chi connectivity index (χ0n) is 13.1. The molecule has 0 fully saturated rings. The molecule has 4 rings (SSSR count). The van der Waals surface area contributed by atoms with Crippen LogP contribution in [0.3, 0.4) is 0 Å². The molecule has 3 aromatic heterocycles. The van der Waals surface area contributed by atoms with E-state index in [1.54, 1.807) is 31.3 Å². The molecule has 0 radical (unpaired) electrons. The van der Waals surface area contributed by atoms with Crippen molar-refractivity contribution in [1.29, 1.82) is 0 Å². The highest BCUT2D eigenvalue weighted by molar-refractivity contribution is 6.35. The smallest absolute Gasteiger partial charge is 0.276 e. The van der Waals surface area contributed by atoms with E-state index in [4.69, 9.17) is 11.6 Å². The van der Waals surface area contributed by atoms with Crippen molar-refractivity contribution in [1.82, 2.24) is 24.8 Å². The summed E-state index contributed by atoms with van der Waals surface area (Å²) in [5, 5.41) is 11.6. The molecule has 0 aliphatic rings. The molecule has 3 heterocycles. The molecule has 1 aromatic carbocycles. The second kappa shape index (κ2) is 5.19. The fourth-order valence-electron chi connectivity index (χ4n) is 2.97. The van der Waals surface area contributed by atoms with Crippen LogP contribution >= 0.6 is 11.6 Å². The van der Waals surface area contributed by atoms with Gasteiger partial charge in [-0.25, -0.2) is 9.50 Å². The molecule has 128 valence electrons. The Kier molecular flexibility index (Phi) is 3.30. The van der Waals surface area contributed by atoms with Crippen LogP contribution in [0.15, 0.2) is 24.4 Å². The van der Waals surface area contributed by atoms with Gasteiger partial charge in [0.25, 0.3) is 5.82 Å². The van der Waals surface area contributed by atoms with Crippen LogP contribution in [0.1, 0.15) is 17.0 Å². The van der Waals surface area contributed by atoms with Crippen molar-refractivity contribution in [3.63, 3.8) is 0 Å². The van der Waals surface area contributed by atoms with E-state index in [0.29, 0.717) is 27.4 Å². The lowest BCUT2D eigenvalue weighted by Gasteiger charge is -2.11. The third kappa shape index (κ3) is 2.44. The van der Waals surface area contributed by atoms with E-state index >= 15 is 0 Å². The third-order valence-electron chi connectivity index (χ3n) is 4.01. The van der Waals surface area contributed by atoms with Crippen molar-refractivity contribution in [2.24, 2.45) is 0 Å². The first-order chi connectivity index (χ1) is 11.8. The summed E-state index contributed by atoms with van der Waals surface area (Å²) in [4.78, 5) is 3.66. The van der Waals surface area contributed by atoms with Crippen molar-refractivity contribution >= 4 is 28.2 Å². The van der Waals surface area contributed by atoms with Crippen molar-refractivity contribution in [2.45, 2.75) is 20.0 Å². The van der Waals surface area contributed by atoms with Gasteiger partial charge in [-0.3, -0.25) is 5.10 Å². The Labute approximate surface area is 144 Å². The summed E-state index contributed by atoms with van der Waals surface area (Å²) in [5.41, 5.74) is 3.35. The van der Waals surface area contributed by atoms with Gasteiger partial charge < -0.3 is 0 Å². The molecule has 0 atom stereocenters. The number of aromatic nitrogens is 5. The summed E-state index contributed by atoms with van der Waals surface area (Å²) in [7, 11) is 0. The van der Waals surface area contributed by atoms with Crippen molar-refractivity contribution in [3.05, 3.63) is 46.4 Å². The minimum atomic E-state index is -4.62. The molecule has 0 amide bonds. The number of aryl methyl sites for hydroxylation is 2. The average molecular weight is 366 g/mol. The lowest BCUT2D eigenvalue weighted by Crippen LogP contribution is -2.08. The fraction of sp³-hybridized carbons (Fsp3) is 0.188. The number of alkyl halides is 3. The number of hydrogen-bond donors (Lipinski definition) is 1. The maximum atomic E-state index is 13.1. The molecular formula is C16H11ClF3N5. The zero-order chi connectivity index (χ0) is 17.9. The molecule has 5 nitrogen and oxygen atoms in total. The van der Waals surface area contributed by atoms with Gasteiger partial charge in [0.15, 0.2) is 5.65 Å². The maximum absolute atomic E-state index is 13.1. The van der Waals surface area contributed by atoms with Crippen LogP contribution in [0.5, 0.6) is 0 Å². The highest BCUT2D eigenvalue weighted by Gasteiger charge is 2.37. The van der Waals surface area contributed by atoms with Gasteiger partial charge in [0.05, 0.1) is 22.4 Å². The summed E-state index contributed by atoms with van der Waals surface area (Å²) in [6.07, 6.45) is -3.01. The van der Waals surface area contributed by atoms with Gasteiger partial charge in [0.1, 0.15) is 0 Å². The molecule has 0 spiro atoms. The molecule has 0 saturated heterocycles. The van der Waals surface area contributed by atoms with Crippen LogP contribution in [0.4, 0.5) is 13.2 Å². The van der Waals surface area contributed by atoms with Gasteiger partial charge in [0, 0.05) is 10.9 Å². The predicted molar refractivity (Wildman–Crippen MR) is 87.6 cm³/mol. The molecular weight excluding hydrogens is 355 g/mol. The summed E-state index contributed by atoms with van der Waals surface area (Å²) in [6, 6.07) is 5.26. The quantitative estimate of drug-likeness (QED) is 0.538. The number of benzene rings is 1. The van der Waals surface area contributed by atoms with E-state index in [9.17, 15) is 13.2 Å². The second-order valence-electron chi connectivity index (χ2n) is 5.82. The number of nitrogens with zero attached hydrogens (tertiary/aromatic N) is 4. The number of aromatic amines is 1. The fourth-order valence-corrected chi connectivity index (χ4v) is 3.24. The Hall–Kier alpha value is -2.61. The van der Waals surface area contributed by atoms with Gasteiger partial charge in [0.2, 0.25) is 0 Å². The summed E-state index contributed by atoms with van der Waals surface area (Å²) < 4.78 is 40.4. The zero-order valence-corrected chi connectivity index (χ0v) is 13.9. The number of fused-ring (bicyclic) bond motifs is 2. The largest absolute Gasteiger partial charge is 0.453 e. The first-order valence-corrected chi connectivity index (χ1v) is 7.70. The summed E-state index contributed by atoms with van der Waals surface area (Å²) >= 11 is 6.27. The Morgan fingerprint density at radius 1 is 1.12 bits per heavy atom. The Bertz CT molecular complexity index is 1130. The van der Waals surface area contributed by atoms with Crippen molar-refractivity contribution < 1.29 is 13.2 Å². The molecule has 0 unspecified atom stereocenters. The van der Waals surface area contributed by atoms with Gasteiger partial charge in [-0.05, 0) is 37.1 Å². The molecule has 0 aliphatic carbocycles. The number of hydrogen-bond acceptors (Lipinski definition) is 3. The topological polar surface area (TPSA) is 58.9 Å². The molecule has 9 heteroatoms. The Morgan fingerprint density at radius 2 is 1.88 bits per heavy atom. The Morgan fingerprint density at radius 3 is 2.60 bits per heavy atom. The lowest BCUT2D eigenvalue weighted by molar-refractivity contribution is -0.144. The van der Waals surface area contributed by atoms with E-state index in [2.05, 4.69) is 20.3 Å². The number of H-pyrrole nitrogens is 1. The third-order valence-corrected chi connectivity index (χ3v) is 4.30. The normalized spacial score (nSPS) is 12.4. The van der Waals surface area contributed by atoms with Crippen molar-refractivity contribution in [3.8, 4) is 11.3 Å². The molecule has 25 heavy (non-hydrogen) atoms. The molecule has 0 aliphatic heterocycles. The van der Waals surface area contributed by atoms with Crippen LogP contribution < -0.4 is 0 Å². The minimum Gasteiger partial charge on any atom is -0.276 e. The van der Waals surface area contributed by atoms with E-state index in [1.807, 2.05) is 6.92 Å². The van der Waals surface area contributed by atoms with Crippen LogP contribution in [-0.2, 0) is 6.18 Å². The van der Waals surface area contributed by atoms with Crippen molar-refractivity contribution in [2.75, 3.05) is 0 Å². The second-order valence-corrected chi connectivity index (χ2v) is 6.23. The molecule has 0 saturated carbocycles. The first-order valence-electron chi connectivity index (χ1n) is 7.33. The number of pyridine rings is 1. The van der Waals surface area contributed by atoms with Crippen LogP contribution in [0.25, 0.3) is 27.8 Å². The van der Waals surface area contributed by atoms with Gasteiger partial charge in [-0.2, -0.15) is 18.3 Å². The summed E-state index contributed by atoms with van der Waals surface area (Å²) in [5.74, 6) is -1.17. The van der Waals surface area contributed by atoms with Gasteiger partial charge in [-0.1, -0.05) is 17.7 Å². The number of nitrogens with one attached hydrogen (secondary N) is 1. The van der Waals surface area contributed by atoms with E-state index in [1.165, 1.54) is 4.52 Å². The SMILES string of the molecule is Cc1cc(C)c2nc(C(F)(F)F)nn2c1-c1cc(Cl)c2[nH]ncc2c1. The van der Waals surface area contributed by atoms with Crippen LogP contribution in [0, 0.1) is 13.8 Å². The Balaban J connectivity index is 2.07. The van der Waals surface area contributed by atoms with Gasteiger partial charge >= 0.3 is 6.18 Å². The highest BCUT2D eigenvalue weighted by Crippen LogP contribution is 2.34. The lowest BCUT2D eigenvalue weighted by atomic mass is 10.0. The first kappa shape index (κ1) is 15.9. The molecule has 4 aromatic rings. The van der Waals surface area contributed by atoms with E-state index in [0.717, 1.165) is 10.9 Å². The summed E-state index contributed by atoms with van der Waals surface area (Å²) in [6.45, 7) is 3.51. The number of halogens is 4. The van der Waals surface area contributed by atoms with Gasteiger partial charge in [-0.15, -0.1) is 5.10 Å². The van der Waals surface area contributed by atoms with Crippen LogP contribution in [0.2, 0.25) is 5.02 Å². The standard InChI is InChI=1S/C16H11ClF3N5/c1-7-3-8(2)14-22-15(16(18,19)20)24-25(14)13(7)9-4-10-6-21-23-12(10)11(17)5-9/h3-6H,1-2H3,(H,21,23). The monoisotopic (exact) mass is 365 g/mol. The van der Waals surface area contributed by atoms with E-state index in [-0.39, 0.29) is 5.65 Å². The van der Waals surface area contributed by atoms with E-state index < -0.39 is 12.0 Å². The highest BCUT2D eigenvalue weighted by atomic mass is 35.5. The number of rotatable bonds is 1.